The lowest BCUT2D eigenvalue weighted by Crippen LogP contribution is -2.48. The lowest BCUT2D eigenvalue weighted by atomic mass is 9.98. The molecule has 1 aromatic heterocycles. The molecule has 1 aliphatic carbocycles. The van der Waals surface area contributed by atoms with Crippen molar-refractivity contribution in [3.8, 4) is 11.4 Å². The van der Waals surface area contributed by atoms with Crippen molar-refractivity contribution in [2.24, 2.45) is 5.73 Å². The average Bonchev–Trinajstić information content (AvgIpc) is 3.22. The van der Waals surface area contributed by atoms with Gasteiger partial charge in [-0.3, -0.25) is 4.79 Å². The number of benzene rings is 2. The first-order chi connectivity index (χ1) is 11.6. The molecule has 5 nitrogen and oxygen atoms in total. The minimum Gasteiger partial charge on any atom is -0.338 e. The maximum atomic E-state index is 12.4. The van der Waals surface area contributed by atoms with E-state index in [0.717, 1.165) is 53.8 Å². The average molecular weight is 393 g/mol. The number of fused-ring (bicyclic) bond motifs is 1. The first-order valence-corrected chi connectivity index (χ1v) is 8.30. The standard InChI is InChI=1S/C19H20N4O.2ClH/c20-19(11-3-4-12-19)18(24)21-14-9-7-13(8-10-14)17-22-15-5-1-2-6-16(15)23-17;;/h1-2,5-10H,3-4,11-12,20H2,(H,21,24)(H,22,23);2*1H. The second kappa shape index (κ2) is 8.08. The van der Waals surface area contributed by atoms with Crippen LogP contribution in [0.25, 0.3) is 22.4 Å². The van der Waals surface area contributed by atoms with Gasteiger partial charge in [0.15, 0.2) is 0 Å². The van der Waals surface area contributed by atoms with Gasteiger partial charge >= 0.3 is 0 Å². The molecule has 0 spiro atoms. The van der Waals surface area contributed by atoms with Crippen molar-refractivity contribution in [2.75, 3.05) is 5.32 Å². The normalized spacial score (nSPS) is 15.1. The molecule has 3 aromatic rings. The fraction of sp³-hybridized carbons (Fsp3) is 0.263. The number of amides is 1. The molecule has 26 heavy (non-hydrogen) atoms. The SMILES string of the molecule is Cl.Cl.NC1(C(=O)Nc2ccc(-c3nc4ccccc4[nH]3)cc2)CCCC1. The molecule has 0 unspecified atom stereocenters. The fourth-order valence-electron chi connectivity index (χ4n) is 3.29. The van der Waals surface area contributed by atoms with Crippen molar-refractivity contribution < 1.29 is 4.79 Å². The van der Waals surface area contributed by atoms with Gasteiger partial charge in [0.25, 0.3) is 0 Å². The Morgan fingerprint density at radius 2 is 1.69 bits per heavy atom. The summed E-state index contributed by atoms with van der Waals surface area (Å²) in [6, 6.07) is 15.6. The van der Waals surface area contributed by atoms with Crippen molar-refractivity contribution in [1.82, 2.24) is 9.97 Å². The van der Waals surface area contributed by atoms with Gasteiger partial charge in [-0.25, -0.2) is 4.98 Å². The highest BCUT2D eigenvalue weighted by molar-refractivity contribution is 5.98. The summed E-state index contributed by atoms with van der Waals surface area (Å²) >= 11 is 0. The first-order valence-electron chi connectivity index (χ1n) is 8.30. The van der Waals surface area contributed by atoms with Crippen molar-refractivity contribution in [3.05, 3.63) is 48.5 Å². The fourth-order valence-corrected chi connectivity index (χ4v) is 3.29. The van der Waals surface area contributed by atoms with Crippen molar-refractivity contribution >= 4 is 47.4 Å². The van der Waals surface area contributed by atoms with Crippen LogP contribution in [0.2, 0.25) is 0 Å². The number of nitrogens with one attached hydrogen (secondary N) is 2. The van der Waals surface area contributed by atoms with Gasteiger partial charge in [-0.2, -0.15) is 0 Å². The van der Waals surface area contributed by atoms with Crippen LogP contribution in [0.3, 0.4) is 0 Å². The minimum atomic E-state index is -0.711. The summed E-state index contributed by atoms with van der Waals surface area (Å²) in [5, 5.41) is 2.94. The summed E-state index contributed by atoms with van der Waals surface area (Å²) in [5.74, 6) is 0.733. The maximum absolute atomic E-state index is 12.4. The molecule has 7 heteroatoms. The second-order valence-electron chi connectivity index (χ2n) is 6.50. The number of hydrogen-bond acceptors (Lipinski definition) is 3. The van der Waals surface area contributed by atoms with E-state index in [1.54, 1.807) is 0 Å². The minimum absolute atomic E-state index is 0. The quantitative estimate of drug-likeness (QED) is 0.621. The molecular formula is C19H22Cl2N4O. The van der Waals surface area contributed by atoms with Crippen molar-refractivity contribution in [3.63, 3.8) is 0 Å². The van der Waals surface area contributed by atoms with Gasteiger partial charge in [0.05, 0.1) is 16.6 Å². The second-order valence-corrected chi connectivity index (χ2v) is 6.50. The summed E-state index contributed by atoms with van der Waals surface area (Å²) in [6.07, 6.45) is 3.57. The molecule has 0 radical (unpaired) electrons. The Morgan fingerprint density at radius 1 is 1.04 bits per heavy atom. The molecule has 0 atom stereocenters. The van der Waals surface area contributed by atoms with Crippen LogP contribution in [0.5, 0.6) is 0 Å². The Kier molecular flexibility index (Phi) is 6.29. The lowest BCUT2D eigenvalue weighted by Gasteiger charge is -2.22. The summed E-state index contributed by atoms with van der Waals surface area (Å²) < 4.78 is 0. The van der Waals surface area contributed by atoms with Gasteiger partial charge in [0.2, 0.25) is 5.91 Å². The Morgan fingerprint density at radius 3 is 2.35 bits per heavy atom. The highest BCUT2D eigenvalue weighted by Crippen LogP contribution is 2.29. The molecule has 0 aliphatic heterocycles. The number of aromatic amines is 1. The van der Waals surface area contributed by atoms with Crippen LogP contribution in [0.4, 0.5) is 5.69 Å². The summed E-state index contributed by atoms with van der Waals surface area (Å²) in [7, 11) is 0. The molecule has 138 valence electrons. The van der Waals surface area contributed by atoms with Crippen LogP contribution < -0.4 is 11.1 Å². The summed E-state index contributed by atoms with van der Waals surface area (Å²) in [5.41, 5.74) is 9.17. The first kappa shape index (κ1) is 20.2. The number of carbonyl (C=O) groups excluding carboxylic acids is 1. The number of aromatic nitrogens is 2. The number of para-hydroxylation sites is 2. The van der Waals surface area contributed by atoms with E-state index < -0.39 is 5.54 Å². The van der Waals surface area contributed by atoms with E-state index in [-0.39, 0.29) is 30.7 Å². The van der Waals surface area contributed by atoms with Gasteiger partial charge in [-0.15, -0.1) is 24.8 Å². The van der Waals surface area contributed by atoms with E-state index in [0.29, 0.717) is 0 Å². The molecule has 4 rings (SSSR count). The molecule has 0 bridgehead atoms. The van der Waals surface area contributed by atoms with Gasteiger partial charge in [0, 0.05) is 11.3 Å². The molecule has 1 saturated carbocycles. The third kappa shape index (κ3) is 3.85. The van der Waals surface area contributed by atoms with E-state index in [2.05, 4.69) is 15.3 Å². The predicted molar refractivity (Wildman–Crippen MR) is 110 cm³/mol. The number of nitrogens with two attached hydrogens (primary N) is 1. The van der Waals surface area contributed by atoms with Crippen LogP contribution in [-0.4, -0.2) is 21.4 Å². The third-order valence-electron chi connectivity index (χ3n) is 4.75. The van der Waals surface area contributed by atoms with Gasteiger partial charge in [0.1, 0.15) is 5.82 Å². The zero-order valence-corrected chi connectivity index (χ0v) is 15.8. The van der Waals surface area contributed by atoms with Crippen molar-refractivity contribution in [1.29, 1.82) is 0 Å². The molecular weight excluding hydrogens is 371 g/mol. The van der Waals surface area contributed by atoms with Crippen molar-refractivity contribution in [2.45, 2.75) is 31.2 Å². The van der Waals surface area contributed by atoms with Crippen LogP contribution in [0.15, 0.2) is 48.5 Å². The lowest BCUT2D eigenvalue weighted by molar-refractivity contribution is -0.121. The summed E-state index contributed by atoms with van der Waals surface area (Å²) in [4.78, 5) is 20.2. The number of imidazole rings is 1. The number of anilines is 1. The molecule has 2 aromatic carbocycles. The van der Waals surface area contributed by atoms with Crippen LogP contribution >= 0.6 is 24.8 Å². The van der Waals surface area contributed by atoms with Crippen LogP contribution in [0.1, 0.15) is 25.7 Å². The molecule has 0 saturated heterocycles. The van der Waals surface area contributed by atoms with Crippen LogP contribution in [-0.2, 0) is 4.79 Å². The Labute approximate surface area is 164 Å². The topological polar surface area (TPSA) is 83.8 Å². The third-order valence-corrected chi connectivity index (χ3v) is 4.75. The zero-order chi connectivity index (χ0) is 16.6. The maximum Gasteiger partial charge on any atom is 0.244 e. The summed E-state index contributed by atoms with van der Waals surface area (Å²) in [6.45, 7) is 0. The Balaban J connectivity index is 0.00000121. The monoisotopic (exact) mass is 392 g/mol. The smallest absolute Gasteiger partial charge is 0.244 e. The zero-order valence-electron chi connectivity index (χ0n) is 14.2. The number of rotatable bonds is 3. The number of hydrogen-bond donors (Lipinski definition) is 3. The van der Waals surface area contributed by atoms with Gasteiger partial charge in [-0.1, -0.05) is 25.0 Å². The molecule has 1 fully saturated rings. The molecule has 1 heterocycles. The highest BCUT2D eigenvalue weighted by Gasteiger charge is 2.36. The largest absolute Gasteiger partial charge is 0.338 e. The molecule has 4 N–H and O–H groups in total. The molecule has 1 aliphatic rings. The van der Waals surface area contributed by atoms with E-state index >= 15 is 0 Å². The number of halogens is 2. The van der Waals surface area contributed by atoms with E-state index in [1.807, 2.05) is 48.5 Å². The predicted octanol–water partition coefficient (Wildman–Crippen LogP) is 4.28. The van der Waals surface area contributed by atoms with Gasteiger partial charge < -0.3 is 16.0 Å². The Hall–Kier alpha value is -2.08. The van der Waals surface area contributed by atoms with E-state index in [9.17, 15) is 4.79 Å². The van der Waals surface area contributed by atoms with Crippen LogP contribution in [0, 0.1) is 0 Å². The Bertz CT molecular complexity index is 853. The van der Waals surface area contributed by atoms with E-state index in [4.69, 9.17) is 5.73 Å². The molecule has 1 amide bonds. The van der Waals surface area contributed by atoms with Gasteiger partial charge in [-0.05, 0) is 49.2 Å². The number of nitrogens with zero attached hydrogens (tertiary/aromatic N) is 1. The number of H-pyrrole nitrogens is 1. The highest BCUT2D eigenvalue weighted by atomic mass is 35.5. The van der Waals surface area contributed by atoms with E-state index in [1.165, 1.54) is 0 Å². The number of carbonyl (C=O) groups is 1.